The summed E-state index contributed by atoms with van der Waals surface area (Å²) in [5.41, 5.74) is 1.95. The van der Waals surface area contributed by atoms with E-state index < -0.39 is 5.97 Å². The Kier molecular flexibility index (Phi) is 6.72. The lowest BCUT2D eigenvalue weighted by molar-refractivity contribution is -0.138. The van der Waals surface area contributed by atoms with Gasteiger partial charge in [-0.15, -0.1) is 0 Å². The molecular formula is C21H31N3O3. The predicted octanol–water partition coefficient (Wildman–Crippen LogP) is 2.69. The number of carbonyl (C=O) groups is 2. The van der Waals surface area contributed by atoms with Gasteiger partial charge in [0.25, 0.3) is 5.91 Å². The number of likely N-dealkylation sites (N-methyl/N-ethyl adjacent to an activating group) is 1. The predicted molar refractivity (Wildman–Crippen MR) is 106 cm³/mol. The first-order valence-electron chi connectivity index (χ1n) is 10.1. The fourth-order valence-corrected chi connectivity index (χ4v) is 4.21. The second-order valence-electron chi connectivity index (χ2n) is 7.78. The van der Waals surface area contributed by atoms with Crippen LogP contribution in [0, 0.1) is 0 Å². The Morgan fingerprint density at radius 3 is 2.37 bits per heavy atom. The van der Waals surface area contributed by atoms with Crippen molar-refractivity contribution >= 4 is 17.6 Å². The third-order valence-electron chi connectivity index (χ3n) is 5.83. The first kappa shape index (κ1) is 19.7. The minimum Gasteiger partial charge on any atom is -0.480 e. The summed E-state index contributed by atoms with van der Waals surface area (Å²) in [5, 5.41) is 8.98. The monoisotopic (exact) mass is 373 g/mol. The molecule has 0 saturated carbocycles. The molecule has 2 fully saturated rings. The van der Waals surface area contributed by atoms with Crippen molar-refractivity contribution in [3.8, 4) is 0 Å². The van der Waals surface area contributed by atoms with Crippen molar-refractivity contribution < 1.29 is 14.7 Å². The molecule has 0 aliphatic carbocycles. The number of carboxylic acids is 1. The van der Waals surface area contributed by atoms with Gasteiger partial charge >= 0.3 is 5.97 Å². The fourth-order valence-electron chi connectivity index (χ4n) is 4.21. The minimum atomic E-state index is -0.802. The summed E-state index contributed by atoms with van der Waals surface area (Å²) in [4.78, 5) is 30.0. The fraction of sp³-hybridized carbons (Fsp3) is 0.619. The van der Waals surface area contributed by atoms with Crippen molar-refractivity contribution in [2.45, 2.75) is 44.6 Å². The normalized spacial score (nSPS) is 21.2. The quantitative estimate of drug-likeness (QED) is 0.860. The van der Waals surface area contributed by atoms with Gasteiger partial charge in [0.15, 0.2) is 0 Å². The van der Waals surface area contributed by atoms with Crippen LogP contribution >= 0.6 is 0 Å². The van der Waals surface area contributed by atoms with Gasteiger partial charge in [-0.05, 0) is 69.8 Å². The van der Waals surface area contributed by atoms with Crippen LogP contribution in [0.2, 0.25) is 0 Å². The number of nitrogens with zero attached hydrogens (tertiary/aromatic N) is 3. The first-order valence-corrected chi connectivity index (χ1v) is 10.1. The van der Waals surface area contributed by atoms with Gasteiger partial charge in [-0.1, -0.05) is 0 Å². The lowest BCUT2D eigenvalue weighted by Crippen LogP contribution is -2.37. The zero-order valence-corrected chi connectivity index (χ0v) is 16.3. The number of carboxylic acid groups (broad SMARTS) is 1. The number of hydrogen-bond donors (Lipinski definition) is 1. The van der Waals surface area contributed by atoms with E-state index in [1.807, 2.05) is 29.0 Å². The molecule has 1 amide bonds. The molecule has 1 unspecified atom stereocenters. The summed E-state index contributed by atoms with van der Waals surface area (Å²) in [5.74, 6) is -0.717. The van der Waals surface area contributed by atoms with Crippen LogP contribution in [0.5, 0.6) is 0 Å². The van der Waals surface area contributed by atoms with Crippen LogP contribution in [0.25, 0.3) is 0 Å². The summed E-state index contributed by atoms with van der Waals surface area (Å²) in [6.07, 6.45) is 6.46. The molecule has 2 aliphatic rings. The summed E-state index contributed by atoms with van der Waals surface area (Å²) in [6.45, 7) is 3.68. The number of hydrogen-bond acceptors (Lipinski definition) is 4. The second kappa shape index (κ2) is 9.22. The highest BCUT2D eigenvalue weighted by Gasteiger charge is 2.24. The van der Waals surface area contributed by atoms with Crippen molar-refractivity contribution in [1.29, 1.82) is 0 Å². The maximum Gasteiger partial charge on any atom is 0.317 e. The third-order valence-corrected chi connectivity index (χ3v) is 5.83. The highest BCUT2D eigenvalue weighted by molar-refractivity contribution is 5.94. The number of benzene rings is 1. The molecule has 2 heterocycles. The van der Waals surface area contributed by atoms with Gasteiger partial charge in [0, 0.05) is 43.5 Å². The van der Waals surface area contributed by atoms with Gasteiger partial charge in [0.05, 0.1) is 6.54 Å². The van der Waals surface area contributed by atoms with Crippen LogP contribution in [0.3, 0.4) is 0 Å². The molecule has 0 spiro atoms. The zero-order valence-electron chi connectivity index (χ0n) is 16.3. The second-order valence-corrected chi connectivity index (χ2v) is 7.78. The van der Waals surface area contributed by atoms with E-state index in [0.29, 0.717) is 6.54 Å². The minimum absolute atomic E-state index is 0.0522. The molecule has 0 aromatic heterocycles. The van der Waals surface area contributed by atoms with Gasteiger partial charge < -0.3 is 14.9 Å². The van der Waals surface area contributed by atoms with Crippen LogP contribution < -0.4 is 4.90 Å². The van der Waals surface area contributed by atoms with Gasteiger partial charge in [0.1, 0.15) is 0 Å². The topological polar surface area (TPSA) is 64.1 Å². The van der Waals surface area contributed by atoms with Crippen molar-refractivity contribution in [1.82, 2.24) is 9.80 Å². The molecule has 0 bridgehead atoms. The molecule has 1 N–H and O–H groups in total. The smallest absolute Gasteiger partial charge is 0.317 e. The maximum atomic E-state index is 12.9. The highest BCUT2D eigenvalue weighted by atomic mass is 16.4. The van der Waals surface area contributed by atoms with Crippen molar-refractivity contribution in [2.75, 3.05) is 44.7 Å². The van der Waals surface area contributed by atoms with Crippen LogP contribution in [-0.2, 0) is 4.79 Å². The lowest BCUT2D eigenvalue weighted by Gasteiger charge is -2.29. The molecule has 1 aromatic carbocycles. The Hall–Kier alpha value is -2.08. The largest absolute Gasteiger partial charge is 0.480 e. The van der Waals surface area contributed by atoms with E-state index in [9.17, 15) is 9.59 Å². The molecule has 1 aromatic rings. The Morgan fingerprint density at radius 2 is 1.70 bits per heavy atom. The summed E-state index contributed by atoms with van der Waals surface area (Å²) in [6, 6.07) is 8.26. The van der Waals surface area contributed by atoms with Crippen molar-refractivity contribution in [3.05, 3.63) is 29.8 Å². The average Bonchev–Trinajstić information content (AvgIpc) is 2.94. The maximum absolute atomic E-state index is 12.9. The molecule has 0 radical (unpaired) electrons. The van der Waals surface area contributed by atoms with E-state index >= 15 is 0 Å². The Labute approximate surface area is 161 Å². The molecule has 2 aliphatic heterocycles. The Bertz CT molecular complexity index is 641. The van der Waals surface area contributed by atoms with E-state index in [-0.39, 0.29) is 18.5 Å². The number of aliphatic carboxylic acids is 1. The molecule has 148 valence electrons. The molecule has 6 heteroatoms. The molecule has 1 atom stereocenters. The third kappa shape index (κ3) is 5.22. The Balaban J connectivity index is 1.58. The molecule has 2 saturated heterocycles. The number of likely N-dealkylation sites (tertiary alicyclic amines) is 1. The number of anilines is 1. The van der Waals surface area contributed by atoms with Crippen molar-refractivity contribution in [2.24, 2.45) is 0 Å². The first-order chi connectivity index (χ1) is 13.0. The van der Waals surface area contributed by atoms with Gasteiger partial charge in [-0.25, -0.2) is 0 Å². The van der Waals surface area contributed by atoms with Crippen LogP contribution in [0.15, 0.2) is 24.3 Å². The van der Waals surface area contributed by atoms with E-state index in [4.69, 9.17) is 5.11 Å². The standard InChI is InChI=1S/C21H31N3O3/c1-22(16-20(25)26)18-6-5-14-24(15-11-18)21(27)17-7-9-19(10-8-17)23-12-3-2-4-13-23/h7-10,18H,2-6,11-16H2,1H3,(H,25,26). The van der Waals surface area contributed by atoms with Gasteiger partial charge in [-0.2, -0.15) is 0 Å². The highest BCUT2D eigenvalue weighted by Crippen LogP contribution is 2.22. The van der Waals surface area contributed by atoms with Crippen LogP contribution in [-0.4, -0.2) is 72.6 Å². The number of amides is 1. The lowest BCUT2D eigenvalue weighted by atomic mass is 10.1. The van der Waals surface area contributed by atoms with Crippen molar-refractivity contribution in [3.63, 3.8) is 0 Å². The molecule has 3 rings (SSSR count). The number of carbonyl (C=O) groups excluding carboxylic acids is 1. The average molecular weight is 373 g/mol. The van der Waals surface area contributed by atoms with E-state index in [1.54, 1.807) is 0 Å². The Morgan fingerprint density at radius 1 is 1.00 bits per heavy atom. The van der Waals surface area contributed by atoms with Gasteiger partial charge in [-0.3, -0.25) is 14.5 Å². The number of piperidine rings is 1. The molecular weight excluding hydrogens is 342 g/mol. The van der Waals surface area contributed by atoms with Crippen LogP contribution in [0.1, 0.15) is 48.9 Å². The molecule has 6 nitrogen and oxygen atoms in total. The van der Waals surface area contributed by atoms with Crippen LogP contribution in [0.4, 0.5) is 5.69 Å². The number of rotatable bonds is 5. The van der Waals surface area contributed by atoms with E-state index in [0.717, 1.165) is 44.5 Å². The van der Waals surface area contributed by atoms with E-state index in [2.05, 4.69) is 17.0 Å². The molecule has 27 heavy (non-hydrogen) atoms. The summed E-state index contributed by atoms with van der Waals surface area (Å²) >= 11 is 0. The summed E-state index contributed by atoms with van der Waals surface area (Å²) in [7, 11) is 1.86. The zero-order chi connectivity index (χ0) is 19.2. The van der Waals surface area contributed by atoms with Gasteiger partial charge in [0.2, 0.25) is 0 Å². The summed E-state index contributed by atoms with van der Waals surface area (Å²) < 4.78 is 0. The SMILES string of the molecule is CN(CC(=O)O)C1CCCN(C(=O)c2ccc(N3CCCCC3)cc2)CC1. The van der Waals surface area contributed by atoms with E-state index in [1.165, 1.54) is 24.9 Å².